The maximum Gasteiger partial charge on any atom is 0.246 e. The Bertz CT molecular complexity index is 4370. The number of carbonyl (C=O) groups excluding carboxylic acids is 13. The summed E-state index contributed by atoms with van der Waals surface area (Å²) >= 11 is 0. The SMILES string of the molecule is C[C@H](CCCNC(=N)N)NC(=O)[C@H](CCCNC(=N)N)NC(=O)[C@H](CCCNC(=N)N)NC(=O)[C@@H](N)CSSC[C@H](NC(=O)COCCOCCNC(=O)CC[C@@H]1NC(=O)[C@@H](CCCNC(=N)N)NC(=O)[C@H](CCCNC(=N)N)NC(=O)[C@@H](CCCNC(=N)N)NC(=O)[C@H](CCCNC(=N)N)NC(=O)[C@H](Cc2ccc3ccccc3c2)NC(=O)[C@@H](Cc2ccccc2)NC1=O)C(N)=O. The van der Waals surface area contributed by atoms with Gasteiger partial charge in [-0.15, -0.1) is 0 Å². The van der Waals surface area contributed by atoms with Gasteiger partial charge in [-0.1, -0.05) is 94.4 Å². The Hall–Kier alpha value is -13.5. The molecule has 0 spiro atoms. The highest BCUT2D eigenvalue weighted by atomic mass is 33.1. The van der Waals surface area contributed by atoms with Gasteiger partial charge in [0.15, 0.2) is 41.7 Å². The third-order valence-electron chi connectivity index (χ3n) is 20.1. The van der Waals surface area contributed by atoms with Crippen LogP contribution in [0.3, 0.4) is 0 Å². The molecule has 133 heavy (non-hydrogen) atoms. The number of ether oxygens (including phenoxy) is 2. The number of guanidine groups is 7. The third-order valence-corrected chi connectivity index (χ3v) is 22.5. The maximum absolute atomic E-state index is 15.3. The second kappa shape index (κ2) is 62.7. The van der Waals surface area contributed by atoms with Crippen LogP contribution in [0.4, 0.5) is 0 Å². The molecule has 0 unspecified atom stereocenters. The highest BCUT2D eigenvalue weighted by Gasteiger charge is 2.38. The van der Waals surface area contributed by atoms with Crippen LogP contribution in [0.15, 0.2) is 72.8 Å². The van der Waals surface area contributed by atoms with Crippen LogP contribution < -0.4 is 153 Å². The van der Waals surface area contributed by atoms with Crippen LogP contribution in [0.1, 0.15) is 121 Å². The van der Waals surface area contributed by atoms with Crippen molar-refractivity contribution in [2.45, 2.75) is 195 Å². The van der Waals surface area contributed by atoms with Crippen molar-refractivity contribution in [3.05, 3.63) is 83.9 Å². The fraction of sp³-hybridized carbons (Fsp3) is 0.556. The number of hydrogen-bond acceptors (Lipinski definition) is 25. The second-order valence-electron chi connectivity index (χ2n) is 31.2. The highest BCUT2D eigenvalue weighted by Crippen LogP contribution is 2.24. The lowest BCUT2D eigenvalue weighted by molar-refractivity contribution is -0.135. The number of primary amides is 1. The summed E-state index contributed by atoms with van der Waals surface area (Å²) in [6, 6.07) is 5.26. The molecule has 0 aromatic heterocycles. The molecule has 50 nitrogen and oxygen atoms in total. The van der Waals surface area contributed by atoms with Crippen molar-refractivity contribution in [1.82, 2.24) is 101 Å². The van der Waals surface area contributed by atoms with Gasteiger partial charge in [0.25, 0.3) is 0 Å². The molecule has 0 aliphatic carbocycles. The van der Waals surface area contributed by atoms with Crippen LogP contribution in [0.25, 0.3) is 10.8 Å². The molecule has 52 heteroatoms. The molecule has 4 rings (SSSR count). The van der Waals surface area contributed by atoms with Gasteiger partial charge < -0.3 is 162 Å². The van der Waals surface area contributed by atoms with Crippen molar-refractivity contribution < 1.29 is 71.8 Å². The van der Waals surface area contributed by atoms with Crippen molar-refractivity contribution in [2.24, 2.45) is 51.6 Å². The van der Waals surface area contributed by atoms with E-state index in [-0.39, 0.29) is 190 Å². The van der Waals surface area contributed by atoms with E-state index in [1.807, 2.05) is 36.4 Å². The number of hydrogen-bond donors (Lipinski definition) is 35. The third kappa shape index (κ3) is 48.3. The van der Waals surface area contributed by atoms with Gasteiger partial charge in [-0.3, -0.25) is 100 Å². The van der Waals surface area contributed by atoms with E-state index in [1.54, 1.807) is 43.3 Å². The minimum absolute atomic E-state index is 0.00691. The number of carbonyl (C=O) groups is 13. The van der Waals surface area contributed by atoms with Crippen molar-refractivity contribution in [3.8, 4) is 0 Å². The zero-order valence-corrected chi connectivity index (χ0v) is 76.3. The summed E-state index contributed by atoms with van der Waals surface area (Å²) < 4.78 is 11.1. The molecule has 736 valence electrons. The van der Waals surface area contributed by atoms with Gasteiger partial charge >= 0.3 is 0 Å². The molecule has 1 aliphatic rings. The molecular weight excluding hydrogens is 1770 g/mol. The average Bonchev–Trinajstić information content (AvgIpc) is 1.46. The Kier molecular flexibility index (Phi) is 52.7. The Morgan fingerprint density at radius 1 is 0.361 bits per heavy atom. The first-order valence-electron chi connectivity index (χ1n) is 43.5. The summed E-state index contributed by atoms with van der Waals surface area (Å²) in [6.45, 7) is 1.54. The van der Waals surface area contributed by atoms with Gasteiger partial charge in [-0.05, 0) is 125 Å². The number of rotatable bonds is 56. The zero-order valence-electron chi connectivity index (χ0n) is 74.6. The monoisotopic (exact) mass is 1900 g/mol. The summed E-state index contributed by atoms with van der Waals surface area (Å²) in [5.41, 5.74) is 51.6. The van der Waals surface area contributed by atoms with Gasteiger partial charge in [0.2, 0.25) is 76.8 Å². The van der Waals surface area contributed by atoms with Gasteiger partial charge in [0, 0.05) is 89.2 Å². The minimum Gasteiger partial charge on any atom is -0.377 e. The van der Waals surface area contributed by atoms with Crippen LogP contribution in [0.2, 0.25) is 0 Å². The smallest absolute Gasteiger partial charge is 0.246 e. The average molecular weight is 1900 g/mol. The number of nitrogens with one attached hydrogen (secondary N) is 26. The Balaban J connectivity index is 1.54. The van der Waals surface area contributed by atoms with E-state index >= 15 is 19.2 Å². The van der Waals surface area contributed by atoms with Crippen LogP contribution in [0, 0.1) is 37.9 Å². The zero-order chi connectivity index (χ0) is 98.2. The standard InChI is InChI=1S/C81H135N35O15S2/c1-46(14-7-29-99-75(84)85)106-66(121)52(19-8-30-100-76(86)87)109-67(122)53(20-9-31-101-77(88)89)108-65(120)51(82)44-132-133-45-61(64(83)119)107-63(118)43-131-39-38-130-37-36-98-62(117)28-27-58-72(127)115-59(41-47-15-3-2-4-16-47)74(129)116-60(42-48-25-26-49-17-5-6-18-50(49)40-48)73(128)113-57(24-13-35-105-81(96)97)70(125)111-55(22-11-33-103-79(92)93)68(123)110-54(21-10-32-102-78(90)91)69(124)112-56(71(126)114-58)23-12-34-104-80(94)95/h2-6,15-18,25-26,40,46,51-61H,7-14,19-24,27-39,41-45,82H2,1H3,(H2,83,119)(H,98,117)(H,106,121)(H,107,118)(H,108,120)(H,109,122)(H,110,123)(H,111,125)(H,112,124)(H,113,128)(H,114,126)(H,115,127)(H,116,129)(H4,84,85,99)(H4,86,87,100)(H4,88,89,101)(H4,90,91,102)(H4,92,93,103)(H4,94,95,104)(H4,96,97,105)/t46-,51+,52+,53+,54+,55-,56-,57+,58+,59-,60+,61+/m1/s1. The Morgan fingerprint density at radius 3 is 1.16 bits per heavy atom. The maximum atomic E-state index is 15.3. The topological polar surface area (TPSA) is 870 Å². The molecule has 1 aliphatic heterocycles. The van der Waals surface area contributed by atoms with Gasteiger partial charge in [-0.25, -0.2) is 0 Å². The summed E-state index contributed by atoms with van der Waals surface area (Å²) in [4.78, 5) is 186. The van der Waals surface area contributed by atoms with Gasteiger partial charge in [0.05, 0.1) is 25.9 Å². The number of amides is 13. The first-order valence-corrected chi connectivity index (χ1v) is 46.0. The minimum atomic E-state index is -1.69. The van der Waals surface area contributed by atoms with E-state index in [9.17, 15) is 43.2 Å². The molecular formula is C81H135N35O15S2. The molecule has 1 saturated heterocycles. The van der Waals surface area contributed by atoms with Gasteiger partial charge in [-0.2, -0.15) is 0 Å². The van der Waals surface area contributed by atoms with E-state index in [1.165, 1.54) is 0 Å². The summed E-state index contributed by atoms with van der Waals surface area (Å²) in [5.74, 6) is -13.4. The lowest BCUT2D eigenvalue weighted by atomic mass is 9.99. The van der Waals surface area contributed by atoms with Crippen molar-refractivity contribution in [2.75, 3.05) is 90.3 Å². The van der Waals surface area contributed by atoms with Crippen LogP contribution >= 0.6 is 21.6 Å². The van der Waals surface area contributed by atoms with Crippen molar-refractivity contribution >= 4 is 151 Å². The summed E-state index contributed by atoms with van der Waals surface area (Å²) in [7, 11) is 2.11. The lowest BCUT2D eigenvalue weighted by Crippen LogP contribution is -2.60. The van der Waals surface area contributed by atoms with Crippen LogP contribution in [-0.4, -0.2) is 281 Å². The lowest BCUT2D eigenvalue weighted by Gasteiger charge is -2.28. The molecule has 0 saturated carbocycles. The molecule has 0 bridgehead atoms. The quantitative estimate of drug-likeness (QED) is 0.0108. The summed E-state index contributed by atoms with van der Waals surface area (Å²) in [6.07, 6.45) is -0.0782. The predicted octanol–water partition coefficient (Wildman–Crippen LogP) is -8.04. The van der Waals surface area contributed by atoms with E-state index in [0.29, 0.717) is 36.9 Å². The van der Waals surface area contributed by atoms with E-state index < -0.39 is 181 Å². The fourth-order valence-electron chi connectivity index (χ4n) is 13.2. The fourth-order valence-corrected chi connectivity index (χ4v) is 15.5. The molecule has 1 fully saturated rings. The van der Waals surface area contributed by atoms with E-state index in [0.717, 1.165) is 32.4 Å². The number of fused-ring (bicyclic) bond motifs is 1. The van der Waals surface area contributed by atoms with E-state index in [2.05, 4.69) is 101 Å². The predicted molar refractivity (Wildman–Crippen MR) is 505 cm³/mol. The highest BCUT2D eigenvalue weighted by molar-refractivity contribution is 8.76. The van der Waals surface area contributed by atoms with Gasteiger partial charge in [0.1, 0.15) is 67.0 Å². The molecule has 0 radical (unpaired) electrons. The number of nitrogens with two attached hydrogens (primary N) is 9. The Morgan fingerprint density at radius 2 is 0.722 bits per heavy atom. The largest absolute Gasteiger partial charge is 0.377 e. The number of benzene rings is 3. The van der Waals surface area contributed by atoms with E-state index in [4.69, 9.17) is 98.9 Å². The second-order valence-corrected chi connectivity index (χ2v) is 33.7. The van der Waals surface area contributed by atoms with Crippen LogP contribution in [0.5, 0.6) is 0 Å². The molecule has 1 heterocycles. The molecule has 12 atom stereocenters. The van der Waals surface area contributed by atoms with Crippen molar-refractivity contribution in [1.29, 1.82) is 37.9 Å². The molecule has 3 aromatic carbocycles. The van der Waals surface area contributed by atoms with Crippen molar-refractivity contribution in [3.63, 3.8) is 0 Å². The molecule has 13 amide bonds. The molecule has 44 N–H and O–H groups in total. The first kappa shape index (κ1) is 112. The Labute approximate surface area is 778 Å². The summed E-state index contributed by atoms with van der Waals surface area (Å²) in [5, 5.41) is 106. The normalized spacial score (nSPS) is 17.9. The molecule has 3 aromatic rings. The van der Waals surface area contributed by atoms with Crippen LogP contribution in [-0.2, 0) is 84.6 Å². The first-order chi connectivity index (χ1) is 63.4.